The molecule has 0 aromatic heterocycles. The molecule has 0 saturated heterocycles. The number of rotatable bonds is 5. The van der Waals surface area contributed by atoms with Gasteiger partial charge in [-0.1, -0.05) is 42.5 Å². The van der Waals surface area contributed by atoms with E-state index in [1.54, 1.807) is 42.6 Å². The van der Waals surface area contributed by atoms with Crippen LogP contribution in [0.1, 0.15) is 21.5 Å². The molecule has 0 saturated carbocycles. The van der Waals surface area contributed by atoms with Crippen LogP contribution < -0.4 is 0 Å². The Morgan fingerprint density at radius 3 is 2.28 bits per heavy atom. The SMILES string of the molecule is O=C(OCc1ccccc1)c1ccc(C=Nc2ccc(F)cc2)cc1. The fraction of sp³-hybridized carbons (Fsp3) is 0.0476. The molecule has 0 aliphatic heterocycles. The van der Waals surface area contributed by atoms with Gasteiger partial charge in [0.2, 0.25) is 0 Å². The number of benzene rings is 3. The van der Waals surface area contributed by atoms with Gasteiger partial charge in [0.05, 0.1) is 11.3 Å². The standard InChI is InChI=1S/C21H16FNO2/c22-19-10-12-20(13-11-19)23-14-16-6-8-18(9-7-16)21(24)25-15-17-4-2-1-3-5-17/h1-14H,15H2. The van der Waals surface area contributed by atoms with Crippen LogP contribution in [0.25, 0.3) is 0 Å². The molecule has 4 heteroatoms. The topological polar surface area (TPSA) is 38.7 Å². The Hall–Kier alpha value is -3.27. The summed E-state index contributed by atoms with van der Waals surface area (Å²) in [5, 5.41) is 0. The molecule has 0 unspecified atom stereocenters. The van der Waals surface area contributed by atoms with Crippen LogP contribution in [-0.4, -0.2) is 12.2 Å². The van der Waals surface area contributed by atoms with Crippen molar-refractivity contribution in [2.75, 3.05) is 0 Å². The molecule has 124 valence electrons. The first kappa shape index (κ1) is 16.6. The highest BCUT2D eigenvalue weighted by Gasteiger charge is 2.06. The summed E-state index contributed by atoms with van der Waals surface area (Å²) in [6, 6.07) is 22.4. The lowest BCUT2D eigenvalue weighted by molar-refractivity contribution is 0.0472. The Bertz CT molecular complexity index is 857. The second kappa shape index (κ2) is 8.02. The Morgan fingerprint density at radius 1 is 0.920 bits per heavy atom. The number of nitrogens with zero attached hydrogens (tertiary/aromatic N) is 1. The summed E-state index contributed by atoms with van der Waals surface area (Å²) in [6.45, 7) is 0.244. The van der Waals surface area contributed by atoms with Crippen molar-refractivity contribution < 1.29 is 13.9 Å². The number of halogens is 1. The van der Waals surface area contributed by atoms with E-state index >= 15 is 0 Å². The molecule has 0 spiro atoms. The number of esters is 1. The van der Waals surface area contributed by atoms with Crippen molar-refractivity contribution in [1.29, 1.82) is 0 Å². The number of ether oxygens (including phenoxy) is 1. The maximum Gasteiger partial charge on any atom is 0.338 e. The largest absolute Gasteiger partial charge is 0.457 e. The minimum Gasteiger partial charge on any atom is -0.457 e. The smallest absolute Gasteiger partial charge is 0.338 e. The highest BCUT2D eigenvalue weighted by Crippen LogP contribution is 2.13. The van der Waals surface area contributed by atoms with E-state index in [0.717, 1.165) is 11.1 Å². The van der Waals surface area contributed by atoms with Gasteiger partial charge < -0.3 is 4.74 Å². The van der Waals surface area contributed by atoms with Crippen molar-refractivity contribution >= 4 is 17.9 Å². The quantitative estimate of drug-likeness (QED) is 0.490. The second-order valence-electron chi connectivity index (χ2n) is 5.42. The van der Waals surface area contributed by atoms with Crippen LogP contribution in [0, 0.1) is 5.82 Å². The van der Waals surface area contributed by atoms with Gasteiger partial charge in [-0.25, -0.2) is 9.18 Å². The van der Waals surface area contributed by atoms with Crippen molar-refractivity contribution in [3.05, 3.63) is 101 Å². The van der Waals surface area contributed by atoms with Gasteiger partial charge >= 0.3 is 5.97 Å². The third kappa shape index (κ3) is 4.85. The molecular weight excluding hydrogens is 317 g/mol. The monoisotopic (exact) mass is 333 g/mol. The maximum atomic E-state index is 12.8. The summed E-state index contributed by atoms with van der Waals surface area (Å²) in [5.41, 5.74) is 2.92. The number of hydrogen-bond donors (Lipinski definition) is 0. The van der Waals surface area contributed by atoms with E-state index in [1.165, 1.54) is 12.1 Å². The molecule has 0 N–H and O–H groups in total. The van der Waals surface area contributed by atoms with Crippen molar-refractivity contribution in [2.24, 2.45) is 4.99 Å². The maximum absolute atomic E-state index is 12.8. The van der Waals surface area contributed by atoms with Crippen LogP contribution in [0.2, 0.25) is 0 Å². The van der Waals surface area contributed by atoms with Gasteiger partial charge in [-0.15, -0.1) is 0 Å². The highest BCUT2D eigenvalue weighted by molar-refractivity contribution is 5.91. The number of aliphatic imine (C=N–C) groups is 1. The molecule has 3 nitrogen and oxygen atoms in total. The normalized spacial score (nSPS) is 10.8. The Morgan fingerprint density at radius 2 is 1.60 bits per heavy atom. The van der Waals surface area contributed by atoms with E-state index in [0.29, 0.717) is 11.3 Å². The summed E-state index contributed by atoms with van der Waals surface area (Å²) >= 11 is 0. The van der Waals surface area contributed by atoms with Crippen LogP contribution in [0.15, 0.2) is 83.9 Å². The fourth-order valence-corrected chi connectivity index (χ4v) is 2.19. The molecule has 3 aromatic rings. The molecule has 0 bridgehead atoms. The van der Waals surface area contributed by atoms with Gasteiger partial charge in [0.15, 0.2) is 0 Å². The van der Waals surface area contributed by atoms with Crippen LogP contribution >= 0.6 is 0 Å². The summed E-state index contributed by atoms with van der Waals surface area (Å²) in [5.74, 6) is -0.664. The minimum atomic E-state index is -0.370. The Kier molecular flexibility index (Phi) is 5.32. The van der Waals surface area contributed by atoms with Crippen LogP contribution in [0.5, 0.6) is 0 Å². The third-order valence-electron chi connectivity index (χ3n) is 3.55. The molecule has 0 fully saturated rings. The van der Waals surface area contributed by atoms with Gasteiger partial charge in [-0.3, -0.25) is 4.99 Å². The van der Waals surface area contributed by atoms with Crippen molar-refractivity contribution in [2.45, 2.75) is 6.61 Å². The lowest BCUT2D eigenvalue weighted by Crippen LogP contribution is -2.05. The zero-order valence-electron chi connectivity index (χ0n) is 13.4. The molecule has 3 aromatic carbocycles. The predicted molar refractivity (Wildman–Crippen MR) is 95.7 cm³/mol. The molecular formula is C21H16FNO2. The zero-order valence-corrected chi connectivity index (χ0v) is 13.4. The van der Waals surface area contributed by atoms with E-state index in [1.807, 2.05) is 30.3 Å². The fourth-order valence-electron chi connectivity index (χ4n) is 2.19. The average Bonchev–Trinajstić information content (AvgIpc) is 2.67. The molecule has 0 atom stereocenters. The van der Waals surface area contributed by atoms with Gasteiger partial charge in [0.1, 0.15) is 12.4 Å². The zero-order chi connectivity index (χ0) is 17.5. The van der Waals surface area contributed by atoms with Crippen LogP contribution in [0.3, 0.4) is 0 Å². The summed E-state index contributed by atoms with van der Waals surface area (Å²) in [6.07, 6.45) is 1.66. The van der Waals surface area contributed by atoms with E-state index in [4.69, 9.17) is 4.74 Å². The molecule has 0 radical (unpaired) electrons. The first-order valence-electron chi connectivity index (χ1n) is 7.81. The molecule has 3 rings (SSSR count). The van der Waals surface area contributed by atoms with E-state index in [2.05, 4.69) is 4.99 Å². The third-order valence-corrected chi connectivity index (χ3v) is 3.55. The Labute approximate surface area is 145 Å². The van der Waals surface area contributed by atoms with Crippen molar-refractivity contribution in [3.8, 4) is 0 Å². The molecule has 0 heterocycles. The lowest BCUT2D eigenvalue weighted by atomic mass is 10.1. The Balaban J connectivity index is 1.59. The van der Waals surface area contributed by atoms with Crippen LogP contribution in [-0.2, 0) is 11.3 Å². The van der Waals surface area contributed by atoms with Crippen LogP contribution in [0.4, 0.5) is 10.1 Å². The number of carbonyl (C=O) groups is 1. The first-order chi connectivity index (χ1) is 12.2. The van der Waals surface area contributed by atoms with Gasteiger partial charge in [-0.2, -0.15) is 0 Å². The van der Waals surface area contributed by atoms with Gasteiger partial charge in [-0.05, 0) is 47.5 Å². The van der Waals surface area contributed by atoms with Crippen molar-refractivity contribution in [1.82, 2.24) is 0 Å². The molecule has 0 aliphatic carbocycles. The molecule has 0 amide bonds. The van der Waals surface area contributed by atoms with E-state index in [-0.39, 0.29) is 18.4 Å². The number of hydrogen-bond acceptors (Lipinski definition) is 3. The van der Waals surface area contributed by atoms with E-state index in [9.17, 15) is 9.18 Å². The van der Waals surface area contributed by atoms with Gasteiger partial charge in [0, 0.05) is 6.21 Å². The highest BCUT2D eigenvalue weighted by atomic mass is 19.1. The predicted octanol–water partition coefficient (Wildman–Crippen LogP) is 4.93. The summed E-state index contributed by atoms with van der Waals surface area (Å²) in [4.78, 5) is 16.3. The van der Waals surface area contributed by atoms with Crippen molar-refractivity contribution in [3.63, 3.8) is 0 Å². The van der Waals surface area contributed by atoms with E-state index < -0.39 is 0 Å². The molecule has 25 heavy (non-hydrogen) atoms. The summed E-state index contributed by atoms with van der Waals surface area (Å²) in [7, 11) is 0. The number of carbonyl (C=O) groups excluding carboxylic acids is 1. The first-order valence-corrected chi connectivity index (χ1v) is 7.81. The average molecular weight is 333 g/mol. The van der Waals surface area contributed by atoms with Gasteiger partial charge in [0.25, 0.3) is 0 Å². The second-order valence-corrected chi connectivity index (χ2v) is 5.42. The summed E-state index contributed by atoms with van der Waals surface area (Å²) < 4.78 is 18.1. The lowest BCUT2D eigenvalue weighted by Gasteiger charge is -2.05. The minimum absolute atomic E-state index is 0.244. The molecule has 0 aliphatic rings.